The molecule has 0 aromatic rings. The van der Waals surface area contributed by atoms with Crippen molar-refractivity contribution in [1.82, 2.24) is 10.2 Å². The number of aliphatic carboxylic acids is 1. The zero-order valence-corrected chi connectivity index (χ0v) is 12.2. The minimum Gasteiger partial charge on any atom is -0.481 e. The van der Waals surface area contributed by atoms with E-state index in [1.54, 1.807) is 0 Å². The summed E-state index contributed by atoms with van der Waals surface area (Å²) in [4.78, 5) is 24.9. The van der Waals surface area contributed by atoms with Crippen LogP contribution in [0.25, 0.3) is 0 Å². The third-order valence-electron chi connectivity index (χ3n) is 3.81. The fourth-order valence-electron chi connectivity index (χ4n) is 2.29. The van der Waals surface area contributed by atoms with E-state index in [4.69, 9.17) is 5.11 Å². The number of carbonyl (C=O) groups is 2. The molecule has 0 spiro atoms. The Bertz CT molecular complexity index is 312. The Kier molecular flexibility index (Phi) is 6.28. The number of nitrogens with zero attached hydrogens (tertiary/aromatic N) is 1. The summed E-state index contributed by atoms with van der Waals surface area (Å²) in [7, 11) is 0. The molecule has 110 valence electrons. The lowest BCUT2D eigenvalue weighted by Crippen LogP contribution is -2.49. The summed E-state index contributed by atoms with van der Waals surface area (Å²) in [5.41, 5.74) is 0. The van der Waals surface area contributed by atoms with Gasteiger partial charge in [0.05, 0.1) is 12.5 Å². The molecule has 2 N–H and O–H groups in total. The van der Waals surface area contributed by atoms with Gasteiger partial charge in [-0.1, -0.05) is 13.8 Å². The Labute approximate surface area is 115 Å². The van der Waals surface area contributed by atoms with Crippen LogP contribution in [0.2, 0.25) is 0 Å². The molecule has 1 unspecified atom stereocenters. The van der Waals surface area contributed by atoms with Gasteiger partial charge in [-0.05, 0) is 32.6 Å². The van der Waals surface area contributed by atoms with Gasteiger partial charge >= 0.3 is 5.97 Å². The van der Waals surface area contributed by atoms with Gasteiger partial charge in [-0.25, -0.2) is 0 Å². The first-order valence-electron chi connectivity index (χ1n) is 7.27. The highest BCUT2D eigenvalue weighted by atomic mass is 16.4. The van der Waals surface area contributed by atoms with E-state index in [1.165, 1.54) is 0 Å². The first-order chi connectivity index (χ1) is 8.99. The van der Waals surface area contributed by atoms with Crippen molar-refractivity contribution >= 4 is 11.9 Å². The first kappa shape index (κ1) is 16.0. The van der Waals surface area contributed by atoms with Crippen molar-refractivity contribution in [2.75, 3.05) is 6.54 Å². The summed E-state index contributed by atoms with van der Waals surface area (Å²) in [6.07, 6.45) is 4.09. The molecule has 1 amide bonds. The Balaban J connectivity index is 2.52. The van der Waals surface area contributed by atoms with Gasteiger partial charge in [0, 0.05) is 18.6 Å². The van der Waals surface area contributed by atoms with Crippen molar-refractivity contribution < 1.29 is 14.7 Å². The minimum absolute atomic E-state index is 0.0194. The Morgan fingerprint density at radius 1 is 1.32 bits per heavy atom. The normalized spacial score (nSPS) is 16.7. The molecular weight excluding hydrogens is 244 g/mol. The van der Waals surface area contributed by atoms with Crippen LogP contribution in [0, 0.1) is 0 Å². The molecule has 1 atom stereocenters. The predicted molar refractivity (Wildman–Crippen MR) is 74.0 cm³/mol. The number of hydrogen-bond donors (Lipinski definition) is 2. The predicted octanol–water partition coefficient (Wildman–Crippen LogP) is 1.62. The minimum atomic E-state index is -0.807. The molecule has 0 aromatic carbocycles. The summed E-state index contributed by atoms with van der Waals surface area (Å²) in [5, 5.41) is 11.8. The summed E-state index contributed by atoms with van der Waals surface area (Å²) in [6, 6.07) is 0.365. The van der Waals surface area contributed by atoms with E-state index in [2.05, 4.69) is 19.2 Å². The van der Waals surface area contributed by atoms with E-state index in [9.17, 15) is 9.59 Å². The molecule has 0 aromatic heterocycles. The zero-order chi connectivity index (χ0) is 14.4. The quantitative estimate of drug-likeness (QED) is 0.668. The highest BCUT2D eigenvalue weighted by molar-refractivity contribution is 5.81. The van der Waals surface area contributed by atoms with Crippen LogP contribution in [-0.2, 0) is 9.59 Å². The maximum atomic E-state index is 12.2. The van der Waals surface area contributed by atoms with Gasteiger partial charge in [0.15, 0.2) is 0 Å². The first-order valence-corrected chi connectivity index (χ1v) is 7.27. The Morgan fingerprint density at radius 2 is 1.89 bits per heavy atom. The van der Waals surface area contributed by atoms with Crippen molar-refractivity contribution in [1.29, 1.82) is 0 Å². The molecule has 1 saturated carbocycles. The van der Waals surface area contributed by atoms with E-state index >= 15 is 0 Å². The lowest BCUT2D eigenvalue weighted by Gasteiger charge is -2.29. The molecule has 0 heterocycles. The molecule has 1 aliphatic carbocycles. The van der Waals surface area contributed by atoms with Crippen molar-refractivity contribution in [3.8, 4) is 0 Å². The van der Waals surface area contributed by atoms with E-state index in [0.29, 0.717) is 12.6 Å². The lowest BCUT2D eigenvalue weighted by molar-refractivity contribution is -0.138. The SMILES string of the molecule is CCC(CC)NC(=O)C(C)N(CCC(=O)O)C1CC1. The van der Waals surface area contributed by atoms with Crippen molar-refractivity contribution in [3.05, 3.63) is 0 Å². The number of nitrogens with one attached hydrogen (secondary N) is 1. The van der Waals surface area contributed by atoms with Crippen LogP contribution >= 0.6 is 0 Å². The summed E-state index contributed by atoms with van der Waals surface area (Å²) >= 11 is 0. The van der Waals surface area contributed by atoms with Gasteiger partial charge in [-0.15, -0.1) is 0 Å². The van der Waals surface area contributed by atoms with Crippen LogP contribution in [-0.4, -0.2) is 46.6 Å². The highest BCUT2D eigenvalue weighted by Crippen LogP contribution is 2.28. The maximum absolute atomic E-state index is 12.2. The molecule has 0 bridgehead atoms. The average Bonchev–Trinajstić information content (AvgIpc) is 3.19. The standard InChI is InChI=1S/C14H26N2O3/c1-4-11(5-2)15-14(19)10(3)16(12-6-7-12)9-8-13(17)18/h10-12H,4-9H2,1-3H3,(H,15,19)(H,17,18). The Morgan fingerprint density at radius 3 is 2.32 bits per heavy atom. The van der Waals surface area contributed by atoms with E-state index in [1.807, 2.05) is 11.8 Å². The summed E-state index contributed by atoms with van der Waals surface area (Å²) in [5.74, 6) is -0.788. The molecule has 1 aliphatic rings. The number of carboxylic acids is 1. The van der Waals surface area contributed by atoms with Crippen LogP contribution in [0.15, 0.2) is 0 Å². The fraction of sp³-hybridized carbons (Fsp3) is 0.857. The molecule has 0 saturated heterocycles. The number of rotatable bonds is 9. The highest BCUT2D eigenvalue weighted by Gasteiger charge is 2.35. The van der Waals surface area contributed by atoms with Crippen LogP contribution in [0.5, 0.6) is 0 Å². The Hall–Kier alpha value is -1.10. The number of carbonyl (C=O) groups excluding carboxylic acids is 1. The van der Waals surface area contributed by atoms with Gasteiger partial charge < -0.3 is 10.4 Å². The largest absolute Gasteiger partial charge is 0.481 e. The molecule has 19 heavy (non-hydrogen) atoms. The van der Waals surface area contributed by atoms with Gasteiger partial charge in [0.1, 0.15) is 0 Å². The molecule has 1 rings (SSSR count). The summed E-state index contributed by atoms with van der Waals surface area (Å²) in [6.45, 7) is 6.44. The fourth-order valence-corrected chi connectivity index (χ4v) is 2.29. The maximum Gasteiger partial charge on any atom is 0.304 e. The van der Waals surface area contributed by atoms with Crippen molar-refractivity contribution in [2.45, 2.75) is 71.0 Å². The molecule has 0 radical (unpaired) electrons. The topological polar surface area (TPSA) is 69.6 Å². The van der Waals surface area contributed by atoms with E-state index in [-0.39, 0.29) is 24.4 Å². The van der Waals surface area contributed by atoms with Crippen molar-refractivity contribution in [3.63, 3.8) is 0 Å². The monoisotopic (exact) mass is 270 g/mol. The lowest BCUT2D eigenvalue weighted by atomic mass is 10.1. The second-order valence-electron chi connectivity index (χ2n) is 5.31. The van der Waals surface area contributed by atoms with Crippen LogP contribution in [0.3, 0.4) is 0 Å². The number of amides is 1. The smallest absolute Gasteiger partial charge is 0.304 e. The number of carboxylic acid groups (broad SMARTS) is 1. The van der Waals surface area contributed by atoms with Crippen molar-refractivity contribution in [2.24, 2.45) is 0 Å². The second-order valence-corrected chi connectivity index (χ2v) is 5.31. The van der Waals surface area contributed by atoms with Gasteiger partial charge in [-0.2, -0.15) is 0 Å². The molecule has 0 aliphatic heterocycles. The third-order valence-corrected chi connectivity index (χ3v) is 3.81. The van der Waals surface area contributed by atoms with E-state index in [0.717, 1.165) is 25.7 Å². The van der Waals surface area contributed by atoms with Crippen LogP contribution in [0.4, 0.5) is 0 Å². The molecular formula is C14H26N2O3. The number of hydrogen-bond acceptors (Lipinski definition) is 3. The second kappa shape index (κ2) is 7.48. The van der Waals surface area contributed by atoms with Crippen LogP contribution in [0.1, 0.15) is 52.9 Å². The van der Waals surface area contributed by atoms with Gasteiger partial charge in [0.2, 0.25) is 5.91 Å². The third kappa shape index (κ3) is 5.19. The molecule has 1 fully saturated rings. The molecule has 5 heteroatoms. The molecule has 5 nitrogen and oxygen atoms in total. The van der Waals surface area contributed by atoms with Gasteiger partial charge in [-0.3, -0.25) is 14.5 Å². The summed E-state index contributed by atoms with van der Waals surface area (Å²) < 4.78 is 0. The van der Waals surface area contributed by atoms with Gasteiger partial charge in [0.25, 0.3) is 0 Å². The average molecular weight is 270 g/mol. The van der Waals surface area contributed by atoms with Crippen LogP contribution < -0.4 is 5.32 Å². The zero-order valence-electron chi connectivity index (χ0n) is 12.2. The van der Waals surface area contributed by atoms with E-state index < -0.39 is 5.97 Å².